The van der Waals surface area contributed by atoms with Gasteiger partial charge in [-0.2, -0.15) is 9.67 Å². The second-order valence-electron chi connectivity index (χ2n) is 5.69. The Bertz CT molecular complexity index is 834. The van der Waals surface area contributed by atoms with Crippen molar-refractivity contribution in [1.82, 2.24) is 25.0 Å². The minimum absolute atomic E-state index is 0.208. The van der Waals surface area contributed by atoms with Crippen LogP contribution >= 0.6 is 15.9 Å². The van der Waals surface area contributed by atoms with Crippen molar-refractivity contribution in [2.75, 3.05) is 5.32 Å². The Morgan fingerprint density at radius 2 is 2.04 bits per heavy atom. The van der Waals surface area contributed by atoms with Gasteiger partial charge in [-0.15, -0.1) is 5.10 Å². The van der Waals surface area contributed by atoms with E-state index in [1.807, 2.05) is 24.3 Å². The standard InChI is InChI=1S/C15H15BrN6O/c16-9-1-4-11(5-2-9)22-14-13(20-21-22)8-17-15(19-14)18-10-3-6-12(23)7-10/h1-2,4-5,8,10,12,23H,3,6-7H2,(H,17,18,19)/t10-,12-/m0/s1. The highest BCUT2D eigenvalue weighted by molar-refractivity contribution is 9.10. The molecule has 0 aliphatic heterocycles. The molecule has 8 heteroatoms. The number of hydrogen-bond donors (Lipinski definition) is 2. The van der Waals surface area contributed by atoms with Gasteiger partial charge in [-0.1, -0.05) is 21.1 Å². The van der Waals surface area contributed by atoms with Crippen molar-refractivity contribution in [3.63, 3.8) is 0 Å². The van der Waals surface area contributed by atoms with E-state index in [1.165, 1.54) is 0 Å². The summed E-state index contributed by atoms with van der Waals surface area (Å²) in [6, 6.07) is 7.99. The maximum Gasteiger partial charge on any atom is 0.225 e. The average Bonchev–Trinajstić information content (AvgIpc) is 3.14. The van der Waals surface area contributed by atoms with Gasteiger partial charge in [0.2, 0.25) is 5.95 Å². The van der Waals surface area contributed by atoms with Crippen LogP contribution in [0.3, 0.4) is 0 Å². The van der Waals surface area contributed by atoms with Crippen LogP contribution in [0.2, 0.25) is 0 Å². The van der Waals surface area contributed by atoms with Crippen LogP contribution in [0.1, 0.15) is 19.3 Å². The molecule has 118 valence electrons. The monoisotopic (exact) mass is 374 g/mol. The van der Waals surface area contributed by atoms with Crippen LogP contribution in [0.15, 0.2) is 34.9 Å². The van der Waals surface area contributed by atoms with Gasteiger partial charge in [0.1, 0.15) is 0 Å². The van der Waals surface area contributed by atoms with E-state index in [1.54, 1.807) is 10.9 Å². The van der Waals surface area contributed by atoms with E-state index in [2.05, 4.69) is 41.5 Å². The molecule has 1 aromatic carbocycles. The van der Waals surface area contributed by atoms with E-state index in [4.69, 9.17) is 0 Å². The first-order valence-corrected chi connectivity index (χ1v) is 8.27. The molecule has 0 bridgehead atoms. The van der Waals surface area contributed by atoms with Crippen LogP contribution in [-0.4, -0.2) is 42.2 Å². The quantitative estimate of drug-likeness (QED) is 0.730. The highest BCUT2D eigenvalue weighted by Crippen LogP contribution is 2.22. The number of anilines is 1. The van der Waals surface area contributed by atoms with Gasteiger partial charge < -0.3 is 10.4 Å². The summed E-state index contributed by atoms with van der Waals surface area (Å²) >= 11 is 3.42. The molecule has 0 unspecified atom stereocenters. The SMILES string of the molecule is O[C@H]1CC[C@H](Nc2ncc3nnn(-c4ccc(Br)cc4)c3n2)C1. The Hall–Kier alpha value is -2.06. The maximum absolute atomic E-state index is 9.62. The van der Waals surface area contributed by atoms with Crippen LogP contribution in [0.25, 0.3) is 16.9 Å². The number of aliphatic hydroxyl groups excluding tert-OH is 1. The van der Waals surface area contributed by atoms with Crippen molar-refractivity contribution >= 4 is 33.0 Å². The van der Waals surface area contributed by atoms with Crippen LogP contribution in [0.4, 0.5) is 5.95 Å². The number of aliphatic hydroxyl groups is 1. The number of fused-ring (bicyclic) bond motifs is 1. The number of nitrogens with zero attached hydrogens (tertiary/aromatic N) is 5. The number of halogens is 1. The summed E-state index contributed by atoms with van der Waals surface area (Å²) < 4.78 is 2.69. The fourth-order valence-corrected chi connectivity index (χ4v) is 3.09. The zero-order valence-electron chi connectivity index (χ0n) is 12.2. The summed E-state index contributed by atoms with van der Waals surface area (Å²) in [5, 5.41) is 21.2. The van der Waals surface area contributed by atoms with Gasteiger partial charge in [0.25, 0.3) is 0 Å². The van der Waals surface area contributed by atoms with Crippen LogP contribution in [0, 0.1) is 0 Å². The molecule has 23 heavy (non-hydrogen) atoms. The lowest BCUT2D eigenvalue weighted by Gasteiger charge is -2.11. The Kier molecular flexibility index (Phi) is 3.70. The molecule has 2 atom stereocenters. The fraction of sp³-hybridized carbons (Fsp3) is 0.333. The predicted octanol–water partition coefficient (Wildman–Crippen LogP) is 2.30. The lowest BCUT2D eigenvalue weighted by atomic mass is 10.2. The van der Waals surface area contributed by atoms with Crippen molar-refractivity contribution in [2.24, 2.45) is 0 Å². The van der Waals surface area contributed by atoms with E-state index in [0.717, 1.165) is 29.4 Å². The lowest BCUT2D eigenvalue weighted by molar-refractivity contribution is 0.182. The van der Waals surface area contributed by atoms with Gasteiger partial charge in [-0.05, 0) is 43.5 Å². The van der Waals surface area contributed by atoms with E-state index in [0.29, 0.717) is 17.1 Å². The maximum atomic E-state index is 9.62. The molecule has 0 radical (unpaired) electrons. The van der Waals surface area contributed by atoms with Gasteiger partial charge in [0.15, 0.2) is 11.2 Å². The minimum Gasteiger partial charge on any atom is -0.393 e. The fourth-order valence-electron chi connectivity index (χ4n) is 2.83. The number of hydrogen-bond acceptors (Lipinski definition) is 6. The topological polar surface area (TPSA) is 88.8 Å². The van der Waals surface area contributed by atoms with Crippen LogP contribution in [0.5, 0.6) is 0 Å². The molecule has 4 rings (SSSR count). The molecule has 0 amide bonds. The van der Waals surface area contributed by atoms with Crippen LogP contribution < -0.4 is 5.32 Å². The first-order valence-electron chi connectivity index (χ1n) is 7.48. The predicted molar refractivity (Wildman–Crippen MR) is 89.4 cm³/mol. The summed E-state index contributed by atoms with van der Waals surface area (Å²) in [6.45, 7) is 0. The second kappa shape index (κ2) is 5.86. The molecule has 2 N–H and O–H groups in total. The molecule has 1 saturated carbocycles. The number of benzene rings is 1. The first-order chi connectivity index (χ1) is 11.2. The van der Waals surface area contributed by atoms with Crippen molar-refractivity contribution in [3.05, 3.63) is 34.9 Å². The van der Waals surface area contributed by atoms with E-state index in [9.17, 15) is 5.11 Å². The highest BCUT2D eigenvalue weighted by atomic mass is 79.9. The molecule has 0 spiro atoms. The Balaban J connectivity index is 1.67. The summed E-state index contributed by atoms with van der Waals surface area (Å²) in [5.74, 6) is 0.539. The molecule has 1 aliphatic carbocycles. The van der Waals surface area contributed by atoms with Crippen molar-refractivity contribution in [3.8, 4) is 5.69 Å². The first kappa shape index (κ1) is 14.5. The molecular formula is C15H15BrN6O. The smallest absolute Gasteiger partial charge is 0.225 e. The minimum atomic E-state index is -0.230. The van der Waals surface area contributed by atoms with Gasteiger partial charge >= 0.3 is 0 Å². The summed E-state index contributed by atoms with van der Waals surface area (Å²) in [4.78, 5) is 8.83. The van der Waals surface area contributed by atoms with Gasteiger partial charge in [-0.3, -0.25) is 0 Å². The van der Waals surface area contributed by atoms with Gasteiger partial charge in [0, 0.05) is 10.5 Å². The lowest BCUT2D eigenvalue weighted by Crippen LogP contribution is -2.18. The molecule has 7 nitrogen and oxygen atoms in total. The van der Waals surface area contributed by atoms with Crippen molar-refractivity contribution in [2.45, 2.75) is 31.4 Å². The number of aromatic nitrogens is 5. The van der Waals surface area contributed by atoms with Crippen molar-refractivity contribution < 1.29 is 5.11 Å². The largest absolute Gasteiger partial charge is 0.393 e. The highest BCUT2D eigenvalue weighted by Gasteiger charge is 2.23. The van der Waals surface area contributed by atoms with E-state index >= 15 is 0 Å². The van der Waals surface area contributed by atoms with Gasteiger partial charge in [0.05, 0.1) is 18.0 Å². The van der Waals surface area contributed by atoms with E-state index < -0.39 is 0 Å². The number of nitrogens with one attached hydrogen (secondary N) is 1. The zero-order valence-corrected chi connectivity index (χ0v) is 13.8. The second-order valence-corrected chi connectivity index (χ2v) is 6.60. The van der Waals surface area contributed by atoms with Gasteiger partial charge in [-0.25, -0.2) is 4.98 Å². The summed E-state index contributed by atoms with van der Waals surface area (Å²) in [5.41, 5.74) is 2.19. The zero-order chi connectivity index (χ0) is 15.8. The summed E-state index contributed by atoms with van der Waals surface area (Å²) in [7, 11) is 0. The van der Waals surface area contributed by atoms with Crippen molar-refractivity contribution in [1.29, 1.82) is 0 Å². The third-order valence-corrected chi connectivity index (χ3v) is 4.53. The van der Waals surface area contributed by atoms with Crippen LogP contribution in [-0.2, 0) is 0 Å². The Morgan fingerprint density at radius 1 is 1.22 bits per heavy atom. The molecule has 0 saturated heterocycles. The molecule has 1 aliphatic rings. The summed E-state index contributed by atoms with van der Waals surface area (Å²) in [6.07, 6.45) is 3.90. The molecule has 2 aromatic heterocycles. The third-order valence-electron chi connectivity index (χ3n) is 4.00. The molecule has 3 aromatic rings. The normalized spacial score (nSPS) is 21.0. The third kappa shape index (κ3) is 2.91. The molecular weight excluding hydrogens is 360 g/mol. The Morgan fingerprint density at radius 3 is 2.78 bits per heavy atom. The molecule has 2 heterocycles. The molecule has 1 fully saturated rings. The average molecular weight is 375 g/mol. The number of rotatable bonds is 3. The Labute approximate surface area is 140 Å². The van der Waals surface area contributed by atoms with E-state index in [-0.39, 0.29) is 12.1 Å².